The first-order valence-electron chi connectivity index (χ1n) is 9.96. The molecule has 2 N–H and O–H groups in total. The normalized spacial score (nSPS) is 19.4. The highest BCUT2D eigenvalue weighted by Crippen LogP contribution is 2.35. The van der Waals surface area contributed by atoms with Gasteiger partial charge in [0.2, 0.25) is 0 Å². The van der Waals surface area contributed by atoms with Gasteiger partial charge >= 0.3 is 12.0 Å². The maximum atomic E-state index is 12.5. The highest BCUT2D eigenvalue weighted by molar-refractivity contribution is 6.09. The number of nitrogens with zero attached hydrogens (tertiary/aromatic N) is 1. The molecule has 0 unspecified atom stereocenters. The fourth-order valence-electron chi connectivity index (χ4n) is 3.90. The van der Waals surface area contributed by atoms with Gasteiger partial charge in [-0.05, 0) is 25.0 Å². The molecule has 1 spiro atoms. The predicted molar refractivity (Wildman–Crippen MR) is 103 cm³/mol. The summed E-state index contributed by atoms with van der Waals surface area (Å²) in [5, 5.41) is 5.30. The molecule has 0 bridgehead atoms. The van der Waals surface area contributed by atoms with Gasteiger partial charge in [-0.3, -0.25) is 19.3 Å². The molecule has 10 heteroatoms. The largest absolute Gasteiger partial charge is 0.490 e. The predicted octanol–water partition coefficient (Wildman–Crippen LogP) is 1.19. The van der Waals surface area contributed by atoms with Gasteiger partial charge in [0.1, 0.15) is 12.1 Å². The van der Waals surface area contributed by atoms with Crippen molar-refractivity contribution < 1.29 is 33.4 Å². The number of esters is 1. The molecule has 0 atom stereocenters. The average Bonchev–Trinajstić information content (AvgIpc) is 3.18. The molecule has 4 rings (SSSR count). The van der Waals surface area contributed by atoms with E-state index in [1.165, 1.54) is 0 Å². The van der Waals surface area contributed by atoms with Crippen LogP contribution in [0.2, 0.25) is 0 Å². The third-order valence-electron chi connectivity index (χ3n) is 5.39. The van der Waals surface area contributed by atoms with Crippen LogP contribution >= 0.6 is 0 Å². The van der Waals surface area contributed by atoms with Gasteiger partial charge in [0.25, 0.3) is 11.8 Å². The van der Waals surface area contributed by atoms with Crippen molar-refractivity contribution in [3.63, 3.8) is 0 Å². The van der Waals surface area contributed by atoms with Crippen molar-refractivity contribution in [3.8, 4) is 11.5 Å². The number of ether oxygens (including phenoxy) is 3. The van der Waals surface area contributed by atoms with Gasteiger partial charge in [-0.15, -0.1) is 0 Å². The molecule has 3 aliphatic rings. The SMILES string of the molecule is O=C(COC(=O)CN1C(=O)NC2(CCCC2)C1=O)Nc1ccc2c(c1)OCCCO2. The maximum Gasteiger partial charge on any atom is 0.326 e. The zero-order valence-electron chi connectivity index (χ0n) is 16.4. The minimum Gasteiger partial charge on any atom is -0.490 e. The van der Waals surface area contributed by atoms with E-state index in [1.807, 2.05) is 0 Å². The number of rotatable bonds is 5. The Kier molecular flexibility index (Phi) is 5.47. The van der Waals surface area contributed by atoms with Crippen LogP contribution in [0.15, 0.2) is 18.2 Å². The summed E-state index contributed by atoms with van der Waals surface area (Å²) in [6, 6.07) is 4.38. The summed E-state index contributed by atoms with van der Waals surface area (Å²) in [6.45, 7) is 0.0191. The van der Waals surface area contributed by atoms with Gasteiger partial charge in [0.15, 0.2) is 18.1 Å². The van der Waals surface area contributed by atoms with Gasteiger partial charge in [-0.2, -0.15) is 0 Å². The number of nitrogens with one attached hydrogen (secondary N) is 2. The highest BCUT2D eigenvalue weighted by atomic mass is 16.5. The van der Waals surface area contributed by atoms with Gasteiger partial charge in [-0.1, -0.05) is 12.8 Å². The Morgan fingerprint density at radius 2 is 1.83 bits per heavy atom. The molecule has 1 aromatic carbocycles. The van der Waals surface area contributed by atoms with Crippen LogP contribution in [-0.2, 0) is 19.1 Å². The summed E-state index contributed by atoms with van der Waals surface area (Å²) in [6.07, 6.45) is 3.61. The monoisotopic (exact) mass is 417 g/mol. The molecule has 2 fully saturated rings. The van der Waals surface area contributed by atoms with Crippen molar-refractivity contribution in [3.05, 3.63) is 18.2 Å². The molecule has 4 amide bonds. The lowest BCUT2D eigenvalue weighted by Gasteiger charge is -2.19. The summed E-state index contributed by atoms with van der Waals surface area (Å²) in [7, 11) is 0. The first-order valence-corrected chi connectivity index (χ1v) is 9.96. The minimum absolute atomic E-state index is 0.404. The molecule has 0 aromatic heterocycles. The van der Waals surface area contributed by atoms with E-state index in [1.54, 1.807) is 18.2 Å². The van der Waals surface area contributed by atoms with Crippen molar-refractivity contribution in [2.45, 2.75) is 37.6 Å². The Bertz CT molecular complexity index is 879. The second-order valence-electron chi connectivity index (χ2n) is 7.53. The topological polar surface area (TPSA) is 123 Å². The van der Waals surface area contributed by atoms with Crippen LogP contribution < -0.4 is 20.1 Å². The molecule has 10 nitrogen and oxygen atoms in total. The number of hydrogen-bond donors (Lipinski definition) is 2. The van der Waals surface area contributed by atoms with Gasteiger partial charge in [0, 0.05) is 18.2 Å². The Morgan fingerprint density at radius 1 is 1.10 bits per heavy atom. The molecular formula is C20H23N3O7. The molecule has 0 radical (unpaired) electrons. The molecule has 160 valence electrons. The summed E-state index contributed by atoms with van der Waals surface area (Å²) in [4.78, 5) is 49.6. The Morgan fingerprint density at radius 3 is 2.60 bits per heavy atom. The number of amides is 4. The fraction of sp³-hybridized carbons (Fsp3) is 0.500. The van der Waals surface area contributed by atoms with E-state index in [-0.39, 0.29) is 0 Å². The molecule has 1 saturated heterocycles. The Hall–Kier alpha value is -3.30. The number of benzene rings is 1. The molecule has 1 aliphatic carbocycles. The number of imide groups is 1. The van der Waals surface area contributed by atoms with E-state index < -0.39 is 42.5 Å². The van der Waals surface area contributed by atoms with E-state index in [2.05, 4.69) is 10.6 Å². The lowest BCUT2D eigenvalue weighted by atomic mass is 9.98. The summed E-state index contributed by atoms with van der Waals surface area (Å²) < 4.78 is 16.0. The number of hydrogen-bond acceptors (Lipinski definition) is 7. The molecule has 1 saturated carbocycles. The summed E-state index contributed by atoms with van der Waals surface area (Å²) >= 11 is 0. The number of carbonyl (C=O) groups is 4. The van der Waals surface area contributed by atoms with Gasteiger partial charge in [0.05, 0.1) is 13.2 Å². The van der Waals surface area contributed by atoms with Crippen LogP contribution in [0.3, 0.4) is 0 Å². The van der Waals surface area contributed by atoms with Crippen LogP contribution in [0.5, 0.6) is 11.5 Å². The maximum absolute atomic E-state index is 12.5. The zero-order valence-corrected chi connectivity index (χ0v) is 16.4. The first kappa shape index (κ1) is 20.0. The average molecular weight is 417 g/mol. The number of anilines is 1. The lowest BCUT2D eigenvalue weighted by Crippen LogP contribution is -2.44. The fourth-order valence-corrected chi connectivity index (χ4v) is 3.90. The third-order valence-corrected chi connectivity index (χ3v) is 5.39. The van der Waals surface area contributed by atoms with Gasteiger partial charge < -0.3 is 24.8 Å². The standard InChI is InChI=1S/C20H23N3O7/c24-16(21-13-4-5-14-15(10-13)29-9-3-8-28-14)12-30-17(25)11-23-18(26)20(22-19(23)27)6-1-2-7-20/h4-5,10H,1-3,6-9,11-12H2,(H,21,24)(H,22,27). The highest BCUT2D eigenvalue weighted by Gasteiger charge is 2.52. The summed E-state index contributed by atoms with van der Waals surface area (Å²) in [5.74, 6) is -0.657. The van der Waals surface area contributed by atoms with E-state index in [0.29, 0.717) is 43.2 Å². The van der Waals surface area contributed by atoms with Crippen molar-refractivity contribution in [2.75, 3.05) is 31.7 Å². The smallest absolute Gasteiger partial charge is 0.326 e. The molecule has 2 aliphatic heterocycles. The first-order chi connectivity index (χ1) is 14.5. The van der Waals surface area contributed by atoms with Crippen LogP contribution in [0.4, 0.5) is 10.5 Å². The molecule has 2 heterocycles. The lowest BCUT2D eigenvalue weighted by molar-refractivity contribution is -0.150. The zero-order chi connectivity index (χ0) is 21.1. The van der Waals surface area contributed by atoms with E-state index in [4.69, 9.17) is 14.2 Å². The minimum atomic E-state index is -0.883. The van der Waals surface area contributed by atoms with Crippen LogP contribution in [0.1, 0.15) is 32.1 Å². The summed E-state index contributed by atoms with van der Waals surface area (Å²) in [5.41, 5.74) is -0.413. The van der Waals surface area contributed by atoms with E-state index in [0.717, 1.165) is 24.2 Å². The Balaban J connectivity index is 1.27. The van der Waals surface area contributed by atoms with Crippen LogP contribution in [-0.4, -0.2) is 60.6 Å². The van der Waals surface area contributed by atoms with Crippen molar-refractivity contribution in [1.29, 1.82) is 0 Å². The van der Waals surface area contributed by atoms with Gasteiger partial charge in [-0.25, -0.2) is 4.79 Å². The molecule has 1 aromatic rings. The van der Waals surface area contributed by atoms with Crippen LogP contribution in [0, 0.1) is 0 Å². The number of fused-ring (bicyclic) bond motifs is 1. The van der Waals surface area contributed by atoms with Crippen LogP contribution in [0.25, 0.3) is 0 Å². The van der Waals surface area contributed by atoms with Crippen molar-refractivity contribution in [1.82, 2.24) is 10.2 Å². The molecular weight excluding hydrogens is 394 g/mol. The number of carbonyl (C=O) groups excluding carboxylic acids is 4. The second kappa shape index (κ2) is 8.21. The van der Waals surface area contributed by atoms with E-state index in [9.17, 15) is 19.2 Å². The Labute approximate surface area is 172 Å². The second-order valence-corrected chi connectivity index (χ2v) is 7.53. The third kappa shape index (κ3) is 4.03. The quantitative estimate of drug-likeness (QED) is 0.545. The molecule has 30 heavy (non-hydrogen) atoms. The van der Waals surface area contributed by atoms with Crippen molar-refractivity contribution in [2.24, 2.45) is 0 Å². The van der Waals surface area contributed by atoms with E-state index >= 15 is 0 Å². The van der Waals surface area contributed by atoms with Crippen molar-refractivity contribution >= 4 is 29.5 Å². The number of urea groups is 1.